The summed E-state index contributed by atoms with van der Waals surface area (Å²) in [6.07, 6.45) is -0.224. The number of amides is 2. The number of fused-ring (bicyclic) bond motifs is 1. The van der Waals surface area contributed by atoms with E-state index in [1.54, 1.807) is 4.57 Å². The molecular weight excluding hydrogens is 540 g/mol. The van der Waals surface area contributed by atoms with Crippen LogP contribution in [0.15, 0.2) is 12.4 Å². The van der Waals surface area contributed by atoms with Gasteiger partial charge in [0.05, 0.1) is 11.5 Å². The van der Waals surface area contributed by atoms with Crippen molar-refractivity contribution in [2.75, 3.05) is 17.2 Å². The molecule has 2 saturated carbocycles. The highest BCUT2D eigenvalue weighted by Gasteiger charge is 2.44. The highest BCUT2D eigenvalue weighted by Crippen LogP contribution is 2.43. The Labute approximate surface area is 224 Å². The second kappa shape index (κ2) is 9.61. The van der Waals surface area contributed by atoms with Crippen LogP contribution in [0.4, 0.5) is 34.3 Å². The van der Waals surface area contributed by atoms with E-state index < -0.39 is 29.9 Å². The van der Waals surface area contributed by atoms with Gasteiger partial charge in [-0.1, -0.05) is 0 Å². The number of hydrogen-bond donors (Lipinski definition) is 3. The van der Waals surface area contributed by atoms with Gasteiger partial charge in [0.25, 0.3) is 5.91 Å². The maximum Gasteiger partial charge on any atom is 0.435 e. The van der Waals surface area contributed by atoms with Crippen molar-refractivity contribution in [1.82, 2.24) is 29.9 Å². The average Bonchev–Trinajstić information content (AvgIpc) is 3.71. The van der Waals surface area contributed by atoms with Crippen LogP contribution in [0.25, 0.3) is 0 Å². The third kappa shape index (κ3) is 5.23. The summed E-state index contributed by atoms with van der Waals surface area (Å²) in [5.41, 5.74) is 0.168. The van der Waals surface area contributed by atoms with Gasteiger partial charge in [-0.15, -0.1) is 21.5 Å². The van der Waals surface area contributed by atoms with E-state index in [4.69, 9.17) is 0 Å². The molecule has 3 aliphatic rings. The molecule has 0 aromatic carbocycles. The zero-order valence-electron chi connectivity index (χ0n) is 20.9. The lowest BCUT2D eigenvalue weighted by molar-refractivity contribution is -0.141. The van der Waals surface area contributed by atoms with E-state index in [1.165, 1.54) is 24.7 Å². The Bertz CT molecular complexity index is 1430. The van der Waals surface area contributed by atoms with Gasteiger partial charge in [-0.05, 0) is 50.0 Å². The third-order valence-electron chi connectivity index (χ3n) is 7.37. The second-order valence-corrected chi connectivity index (χ2v) is 11.4. The Hall–Kier alpha value is -3.49. The number of nitrogens with zero attached hydrogens (tertiary/aromatic N) is 5. The van der Waals surface area contributed by atoms with Crippen molar-refractivity contribution in [2.24, 2.45) is 18.9 Å². The highest BCUT2D eigenvalue weighted by molar-refractivity contribution is 7.17. The number of anilines is 3. The van der Waals surface area contributed by atoms with Crippen LogP contribution in [-0.2, 0) is 30.9 Å². The number of thiophene rings is 1. The first-order valence-corrected chi connectivity index (χ1v) is 13.6. The van der Waals surface area contributed by atoms with Crippen LogP contribution >= 0.6 is 11.3 Å². The second-order valence-electron chi connectivity index (χ2n) is 10.3. The van der Waals surface area contributed by atoms with E-state index >= 15 is 0 Å². The van der Waals surface area contributed by atoms with Crippen molar-refractivity contribution in [3.63, 3.8) is 0 Å². The van der Waals surface area contributed by atoms with Crippen molar-refractivity contribution in [2.45, 2.75) is 56.9 Å². The minimum absolute atomic E-state index is 0.0972. The molecule has 3 aromatic rings. The van der Waals surface area contributed by atoms with Crippen molar-refractivity contribution in [1.29, 1.82) is 0 Å². The molecular formula is C24H26F4N8O2S. The summed E-state index contributed by atoms with van der Waals surface area (Å²) in [4.78, 5) is 26.8. The van der Waals surface area contributed by atoms with Crippen LogP contribution < -0.4 is 16.0 Å². The predicted octanol–water partition coefficient (Wildman–Crippen LogP) is 4.00. The van der Waals surface area contributed by atoms with Gasteiger partial charge in [0.2, 0.25) is 11.9 Å². The Balaban J connectivity index is 1.26. The topological polar surface area (TPSA) is 119 Å². The van der Waals surface area contributed by atoms with Crippen LogP contribution in [0.3, 0.4) is 0 Å². The molecule has 2 fully saturated rings. The van der Waals surface area contributed by atoms with Gasteiger partial charge < -0.3 is 16.0 Å². The van der Waals surface area contributed by atoms with Gasteiger partial charge in [-0.25, -0.2) is 4.39 Å². The van der Waals surface area contributed by atoms with Crippen LogP contribution in [-0.4, -0.2) is 49.1 Å². The van der Waals surface area contributed by atoms with E-state index in [1.807, 2.05) is 0 Å². The number of rotatable bonds is 8. The van der Waals surface area contributed by atoms with E-state index in [-0.39, 0.29) is 30.1 Å². The standard InChI is InChI=1S/C24H26F4N8O2S/c1-35-18(8-17(34-35)24(26,27)28)31-23-33-30-10-36(23)12-4-5-16-14(6-12)19(21(38)29-9-11-2-3-11)22(39-16)32-20(37)13-7-15(13)25/h8,10-13,15H,2-7,9H2,1H3,(H,29,38)(H,31,33)(H,32,37)/t12-,13?,15?/m0/s1. The van der Waals surface area contributed by atoms with Gasteiger partial charge in [0, 0.05) is 30.6 Å². The quantitative estimate of drug-likeness (QED) is 0.355. The summed E-state index contributed by atoms with van der Waals surface area (Å²) in [6, 6.07) is 0.702. The monoisotopic (exact) mass is 566 g/mol. The minimum atomic E-state index is -4.59. The van der Waals surface area contributed by atoms with E-state index in [0.717, 1.165) is 34.0 Å². The van der Waals surface area contributed by atoms with Crippen LogP contribution in [0.5, 0.6) is 0 Å². The van der Waals surface area contributed by atoms with Gasteiger partial charge >= 0.3 is 6.18 Å². The molecule has 3 aromatic heterocycles. The van der Waals surface area contributed by atoms with Crippen molar-refractivity contribution in [3.05, 3.63) is 34.1 Å². The largest absolute Gasteiger partial charge is 0.435 e. The van der Waals surface area contributed by atoms with Gasteiger partial charge in [-0.3, -0.25) is 18.8 Å². The molecule has 3 N–H and O–H groups in total. The third-order valence-corrected chi connectivity index (χ3v) is 8.58. The van der Waals surface area contributed by atoms with Crippen LogP contribution in [0.1, 0.15) is 58.2 Å². The molecule has 3 atom stereocenters. The van der Waals surface area contributed by atoms with Crippen molar-refractivity contribution < 1.29 is 27.2 Å². The number of halogens is 4. The SMILES string of the molecule is Cn1nc(C(F)(F)F)cc1Nc1nncn1[C@H]1CCc2sc(NC(=O)C3CC3F)c(C(=O)NCC3CC3)c2C1. The fourth-order valence-corrected chi connectivity index (χ4v) is 6.10. The molecule has 0 radical (unpaired) electrons. The maximum atomic E-state index is 13.5. The van der Waals surface area contributed by atoms with Gasteiger partial charge in [0.15, 0.2) is 5.69 Å². The van der Waals surface area contributed by atoms with Crippen LogP contribution in [0, 0.1) is 11.8 Å². The minimum Gasteiger partial charge on any atom is -0.352 e. The lowest BCUT2D eigenvalue weighted by Crippen LogP contribution is -2.29. The number of carbonyl (C=O) groups excluding carboxylic acids is 2. The number of aryl methyl sites for hydroxylation is 2. The van der Waals surface area contributed by atoms with Crippen molar-refractivity contribution >= 4 is 39.9 Å². The Morgan fingerprint density at radius 2 is 2.00 bits per heavy atom. The van der Waals surface area contributed by atoms with E-state index in [2.05, 4.69) is 31.2 Å². The Morgan fingerprint density at radius 1 is 1.23 bits per heavy atom. The molecule has 3 heterocycles. The fraction of sp³-hybridized carbons (Fsp3) is 0.542. The number of aromatic nitrogens is 5. The molecule has 0 bridgehead atoms. The molecule has 39 heavy (non-hydrogen) atoms. The first kappa shape index (κ1) is 25.8. The fourth-order valence-electron chi connectivity index (χ4n) is 4.85. The molecule has 208 valence electrons. The predicted molar refractivity (Wildman–Crippen MR) is 134 cm³/mol. The number of alkyl halides is 4. The Morgan fingerprint density at radius 3 is 2.67 bits per heavy atom. The smallest absolute Gasteiger partial charge is 0.352 e. The van der Waals surface area contributed by atoms with Crippen molar-refractivity contribution in [3.8, 4) is 0 Å². The lowest BCUT2D eigenvalue weighted by atomic mass is 9.91. The molecule has 3 aliphatic carbocycles. The number of carbonyl (C=O) groups is 2. The molecule has 2 unspecified atom stereocenters. The first-order valence-electron chi connectivity index (χ1n) is 12.7. The summed E-state index contributed by atoms with van der Waals surface area (Å²) in [6.45, 7) is 0.555. The van der Waals surface area contributed by atoms with E-state index in [0.29, 0.717) is 42.3 Å². The molecule has 0 saturated heterocycles. The van der Waals surface area contributed by atoms with Gasteiger partial charge in [-0.2, -0.15) is 18.3 Å². The van der Waals surface area contributed by atoms with Crippen LogP contribution in [0.2, 0.25) is 0 Å². The molecule has 15 heteroatoms. The lowest BCUT2D eigenvalue weighted by Gasteiger charge is -2.25. The Kier molecular flexibility index (Phi) is 6.35. The number of nitrogens with one attached hydrogen (secondary N) is 3. The number of hydrogen-bond acceptors (Lipinski definition) is 7. The normalized spacial score (nSPS) is 22.3. The van der Waals surface area contributed by atoms with E-state index in [9.17, 15) is 27.2 Å². The maximum absolute atomic E-state index is 13.5. The molecule has 2 amide bonds. The molecule has 0 aliphatic heterocycles. The summed E-state index contributed by atoms with van der Waals surface area (Å²) in [5, 5.41) is 20.6. The molecule has 6 rings (SSSR count). The molecule has 10 nitrogen and oxygen atoms in total. The summed E-state index contributed by atoms with van der Waals surface area (Å²) < 4.78 is 55.7. The average molecular weight is 567 g/mol. The zero-order valence-corrected chi connectivity index (χ0v) is 21.7. The first-order chi connectivity index (χ1) is 18.6. The molecule has 0 spiro atoms. The zero-order chi connectivity index (χ0) is 27.5. The summed E-state index contributed by atoms with van der Waals surface area (Å²) in [5.74, 6) is -0.585. The highest BCUT2D eigenvalue weighted by atomic mass is 32.1. The summed E-state index contributed by atoms with van der Waals surface area (Å²) in [7, 11) is 1.39. The van der Waals surface area contributed by atoms with Gasteiger partial charge in [0.1, 0.15) is 23.3 Å². The summed E-state index contributed by atoms with van der Waals surface area (Å²) >= 11 is 1.34.